The number of ether oxygens (including phenoxy) is 2. The Kier molecular flexibility index (Phi) is 6.09. The Bertz CT molecular complexity index is 1120. The third kappa shape index (κ3) is 4.36. The van der Waals surface area contributed by atoms with E-state index in [2.05, 4.69) is 41.3 Å². The summed E-state index contributed by atoms with van der Waals surface area (Å²) >= 11 is 1.79. The monoisotopic (exact) mass is 422 g/mol. The van der Waals surface area contributed by atoms with Gasteiger partial charge >= 0.3 is 0 Å². The molecule has 0 fully saturated rings. The van der Waals surface area contributed by atoms with Crippen molar-refractivity contribution in [3.05, 3.63) is 71.5 Å². The molecule has 4 aromatic rings. The summed E-state index contributed by atoms with van der Waals surface area (Å²) in [7, 11) is 3.17. The molecule has 2 heterocycles. The van der Waals surface area contributed by atoms with Gasteiger partial charge < -0.3 is 18.4 Å². The van der Waals surface area contributed by atoms with Crippen LogP contribution in [0.5, 0.6) is 11.5 Å². The molecule has 2 aromatic heterocycles. The number of benzene rings is 2. The highest BCUT2D eigenvalue weighted by atomic mass is 32.2. The molecule has 2 aromatic carbocycles. The van der Waals surface area contributed by atoms with Crippen molar-refractivity contribution in [2.45, 2.75) is 18.4 Å². The highest BCUT2D eigenvalue weighted by Gasteiger charge is 2.19. The van der Waals surface area contributed by atoms with Gasteiger partial charge in [0.05, 0.1) is 25.5 Å². The van der Waals surface area contributed by atoms with E-state index in [1.807, 2.05) is 30.3 Å². The number of nitrogens with zero attached hydrogens (tertiary/aromatic N) is 2. The first kappa shape index (κ1) is 20.1. The van der Waals surface area contributed by atoms with Crippen LogP contribution >= 0.6 is 11.8 Å². The lowest BCUT2D eigenvalue weighted by atomic mass is 10.1. The second-order valence-corrected chi connectivity index (χ2v) is 7.69. The molecule has 0 bridgehead atoms. The van der Waals surface area contributed by atoms with E-state index in [0.717, 1.165) is 17.3 Å². The smallest absolute Gasteiger partial charge is 0.293 e. The molecule has 0 spiro atoms. The number of hydrogen-bond donors (Lipinski definition) is 0. The standard InChI is InChI=1S/C23H22N2O4S/c1-15-7-9-16(10-8-15)13-30-14-17-11-12-20(28-17)23-24-22(25-29-23)18-5-4-6-19(26-2)21(18)27-3/h4-12H,13-14H2,1-3H3. The first-order valence-electron chi connectivity index (χ1n) is 9.45. The zero-order valence-corrected chi connectivity index (χ0v) is 17.9. The van der Waals surface area contributed by atoms with Crippen LogP contribution in [-0.2, 0) is 11.5 Å². The van der Waals surface area contributed by atoms with Crippen LogP contribution in [0.4, 0.5) is 0 Å². The molecule has 7 heteroatoms. The molecule has 4 rings (SSSR count). The molecule has 0 radical (unpaired) electrons. The summed E-state index contributed by atoms with van der Waals surface area (Å²) in [6.45, 7) is 2.09. The normalized spacial score (nSPS) is 10.9. The number of aryl methyl sites for hydroxylation is 1. The fourth-order valence-electron chi connectivity index (χ4n) is 3.02. The van der Waals surface area contributed by atoms with Crippen molar-refractivity contribution in [2.24, 2.45) is 0 Å². The Morgan fingerprint density at radius 1 is 0.933 bits per heavy atom. The van der Waals surface area contributed by atoms with Gasteiger partial charge in [0, 0.05) is 5.75 Å². The van der Waals surface area contributed by atoms with Crippen LogP contribution in [0.1, 0.15) is 16.9 Å². The Balaban J connectivity index is 1.45. The van der Waals surface area contributed by atoms with Gasteiger partial charge in [0.2, 0.25) is 5.82 Å². The Hall–Kier alpha value is -3.19. The van der Waals surface area contributed by atoms with Crippen molar-refractivity contribution in [1.29, 1.82) is 0 Å². The summed E-state index contributed by atoms with van der Waals surface area (Å²) in [6.07, 6.45) is 0. The van der Waals surface area contributed by atoms with Crippen molar-refractivity contribution in [3.63, 3.8) is 0 Å². The molecule has 0 unspecified atom stereocenters. The Labute approximate surface area is 179 Å². The van der Waals surface area contributed by atoms with Gasteiger partial charge in [-0.05, 0) is 36.8 Å². The summed E-state index contributed by atoms with van der Waals surface area (Å²) in [6, 6.07) is 17.9. The lowest BCUT2D eigenvalue weighted by Crippen LogP contribution is -1.93. The number of methoxy groups -OCH3 is 2. The third-order valence-electron chi connectivity index (χ3n) is 4.58. The predicted molar refractivity (Wildman–Crippen MR) is 117 cm³/mol. The van der Waals surface area contributed by atoms with Crippen LogP contribution in [0.25, 0.3) is 23.0 Å². The molecule has 0 aliphatic heterocycles. The lowest BCUT2D eigenvalue weighted by Gasteiger charge is -2.09. The van der Waals surface area contributed by atoms with Gasteiger partial charge in [-0.1, -0.05) is 41.1 Å². The number of rotatable bonds is 8. The fourth-order valence-corrected chi connectivity index (χ4v) is 3.91. The van der Waals surface area contributed by atoms with Gasteiger partial charge in [-0.2, -0.15) is 4.98 Å². The second-order valence-electron chi connectivity index (χ2n) is 6.71. The van der Waals surface area contributed by atoms with E-state index < -0.39 is 0 Å². The van der Waals surface area contributed by atoms with Gasteiger partial charge in [-0.25, -0.2) is 0 Å². The van der Waals surface area contributed by atoms with Crippen molar-refractivity contribution >= 4 is 11.8 Å². The largest absolute Gasteiger partial charge is 0.493 e. The van der Waals surface area contributed by atoms with Gasteiger partial charge in [0.1, 0.15) is 5.76 Å². The highest BCUT2D eigenvalue weighted by molar-refractivity contribution is 7.97. The summed E-state index contributed by atoms with van der Waals surface area (Å²) in [5.41, 5.74) is 3.25. The molecule has 0 saturated heterocycles. The zero-order valence-electron chi connectivity index (χ0n) is 17.0. The minimum absolute atomic E-state index is 0.324. The van der Waals surface area contributed by atoms with Crippen LogP contribution in [0.15, 0.2) is 63.5 Å². The molecule has 0 saturated carbocycles. The molecule has 0 aliphatic carbocycles. The van der Waals surface area contributed by atoms with E-state index in [-0.39, 0.29) is 0 Å². The van der Waals surface area contributed by atoms with Crippen LogP contribution in [0.2, 0.25) is 0 Å². The van der Waals surface area contributed by atoms with Crippen molar-refractivity contribution < 1.29 is 18.4 Å². The van der Waals surface area contributed by atoms with Gasteiger partial charge in [0.25, 0.3) is 5.89 Å². The maximum Gasteiger partial charge on any atom is 0.293 e. The van der Waals surface area contributed by atoms with E-state index in [1.165, 1.54) is 11.1 Å². The molecular weight excluding hydrogens is 400 g/mol. The first-order valence-corrected chi connectivity index (χ1v) is 10.6. The maximum atomic E-state index is 5.90. The Morgan fingerprint density at radius 3 is 2.53 bits per heavy atom. The molecule has 6 nitrogen and oxygen atoms in total. The Morgan fingerprint density at radius 2 is 1.77 bits per heavy atom. The summed E-state index contributed by atoms with van der Waals surface area (Å²) in [5, 5.41) is 4.08. The minimum atomic E-state index is 0.324. The quantitative estimate of drug-likeness (QED) is 0.358. The van der Waals surface area contributed by atoms with Crippen molar-refractivity contribution in [1.82, 2.24) is 10.1 Å². The van der Waals surface area contributed by atoms with Crippen LogP contribution in [0, 0.1) is 6.92 Å². The number of thioether (sulfide) groups is 1. The summed E-state index contributed by atoms with van der Waals surface area (Å²) < 4.78 is 22.1. The number of aromatic nitrogens is 2. The van der Waals surface area contributed by atoms with Crippen LogP contribution < -0.4 is 9.47 Å². The van der Waals surface area contributed by atoms with E-state index >= 15 is 0 Å². The molecule has 0 N–H and O–H groups in total. The summed E-state index contributed by atoms with van der Waals surface area (Å²) in [5.74, 6) is 4.99. The molecule has 0 amide bonds. The van der Waals surface area contributed by atoms with E-state index in [0.29, 0.717) is 34.5 Å². The fraction of sp³-hybridized carbons (Fsp3) is 0.217. The second kappa shape index (κ2) is 9.09. The molecule has 30 heavy (non-hydrogen) atoms. The maximum absolute atomic E-state index is 5.90. The van der Waals surface area contributed by atoms with Crippen molar-refractivity contribution in [2.75, 3.05) is 14.2 Å². The topological polar surface area (TPSA) is 70.5 Å². The predicted octanol–water partition coefficient (Wildman–Crippen LogP) is 5.76. The van der Waals surface area contributed by atoms with Crippen LogP contribution in [-0.4, -0.2) is 24.4 Å². The minimum Gasteiger partial charge on any atom is -0.493 e. The first-order chi connectivity index (χ1) is 14.7. The van der Waals surface area contributed by atoms with Crippen LogP contribution in [0.3, 0.4) is 0 Å². The molecule has 154 valence electrons. The van der Waals surface area contributed by atoms with Gasteiger partial charge in [0.15, 0.2) is 17.3 Å². The number of hydrogen-bond acceptors (Lipinski definition) is 7. The molecule has 0 atom stereocenters. The third-order valence-corrected chi connectivity index (χ3v) is 5.60. The number of furan rings is 1. The SMILES string of the molecule is COc1cccc(-c2noc(-c3ccc(CSCc4ccc(C)cc4)o3)n2)c1OC. The number of para-hydroxylation sites is 1. The average Bonchev–Trinajstić information content (AvgIpc) is 3.44. The van der Waals surface area contributed by atoms with Crippen molar-refractivity contribution in [3.8, 4) is 34.5 Å². The van der Waals surface area contributed by atoms with E-state index in [4.69, 9.17) is 18.4 Å². The lowest BCUT2D eigenvalue weighted by molar-refractivity contribution is 0.355. The summed E-state index contributed by atoms with van der Waals surface area (Å²) in [4.78, 5) is 4.47. The van der Waals surface area contributed by atoms with E-state index in [1.54, 1.807) is 26.0 Å². The van der Waals surface area contributed by atoms with E-state index in [9.17, 15) is 0 Å². The average molecular weight is 423 g/mol. The van der Waals surface area contributed by atoms with Gasteiger partial charge in [-0.3, -0.25) is 0 Å². The highest BCUT2D eigenvalue weighted by Crippen LogP contribution is 2.37. The molecule has 0 aliphatic rings. The molecular formula is C23H22N2O4S. The van der Waals surface area contributed by atoms with Gasteiger partial charge in [-0.15, -0.1) is 11.8 Å². The zero-order chi connectivity index (χ0) is 20.9.